The van der Waals surface area contributed by atoms with Crippen LogP contribution in [0.1, 0.15) is 85.6 Å². The molecule has 4 saturated heterocycles. The number of anilines is 2. The van der Waals surface area contributed by atoms with Crippen LogP contribution in [-0.4, -0.2) is 147 Å². The summed E-state index contributed by atoms with van der Waals surface area (Å²) in [6, 6.07) is 13.7. The summed E-state index contributed by atoms with van der Waals surface area (Å²) in [5, 5.41) is 5.40. The number of hydrogen-bond donors (Lipinski definition) is 2. The van der Waals surface area contributed by atoms with Gasteiger partial charge in [-0.2, -0.15) is 0 Å². The highest BCUT2D eigenvalue weighted by molar-refractivity contribution is 6.25. The number of nitrogens with zero attached hydrogens (tertiary/aromatic N) is 6. The minimum Gasteiger partial charge on any atom is -0.371 e. The van der Waals surface area contributed by atoms with Gasteiger partial charge < -0.3 is 20.0 Å². The van der Waals surface area contributed by atoms with Crippen molar-refractivity contribution in [3.8, 4) is 0 Å². The van der Waals surface area contributed by atoms with Gasteiger partial charge in [0.05, 0.1) is 16.8 Å². The molecule has 7 rings (SSSR count). The molecule has 0 aliphatic carbocycles. The van der Waals surface area contributed by atoms with E-state index in [1.165, 1.54) is 11.3 Å². The number of benzene rings is 2. The standard InChI is InChI=1S/C48H65FN8O5/c1-6-39(49)38(32(2)3)30-54-29-35(42(31-54)52(4)5)28-33-12-14-36(15-13-33)55-26-24-53(25-27-55)21-8-7-20-50-45(59)34-18-22-56(23-19-34)40-11-9-10-37-44(40)48(62)57(47(37)61)41-16-17-43(58)51-46(41)60/h6,9-15,34-35,41-42H,7-8,16-31H2,1-5H3,(H,50,59)(H,51,58,60)/b39-6+. The maximum atomic E-state index is 14.6. The van der Waals surface area contributed by atoms with Gasteiger partial charge in [-0.1, -0.05) is 29.8 Å². The number of unbranched alkanes of at least 4 members (excludes halogenated alkanes) is 1. The lowest BCUT2D eigenvalue weighted by atomic mass is 9.94. The highest BCUT2D eigenvalue weighted by atomic mass is 19.1. The van der Waals surface area contributed by atoms with E-state index in [1.807, 2.05) is 19.9 Å². The number of halogens is 1. The lowest BCUT2D eigenvalue weighted by Crippen LogP contribution is -2.54. The van der Waals surface area contributed by atoms with Crippen LogP contribution in [-0.2, 0) is 20.8 Å². The van der Waals surface area contributed by atoms with E-state index in [0.29, 0.717) is 56.7 Å². The topological polar surface area (TPSA) is 129 Å². The summed E-state index contributed by atoms with van der Waals surface area (Å²) in [4.78, 5) is 77.0. The number of allylic oxidation sites excluding steroid dienone is 2. The molecule has 13 nitrogen and oxygen atoms in total. The predicted octanol–water partition coefficient (Wildman–Crippen LogP) is 4.64. The average molecular weight is 853 g/mol. The van der Waals surface area contributed by atoms with Crippen molar-refractivity contribution in [2.24, 2.45) is 11.8 Å². The first kappa shape index (κ1) is 45.1. The lowest BCUT2D eigenvalue weighted by molar-refractivity contribution is -0.136. The first-order valence-corrected chi connectivity index (χ1v) is 22.6. The number of likely N-dealkylation sites (tertiary alicyclic amines) is 1. The van der Waals surface area contributed by atoms with Crippen molar-refractivity contribution < 1.29 is 28.4 Å². The Balaban J connectivity index is 0.794. The van der Waals surface area contributed by atoms with Crippen molar-refractivity contribution in [2.45, 2.75) is 77.8 Å². The van der Waals surface area contributed by atoms with Gasteiger partial charge in [0.1, 0.15) is 11.9 Å². The Hall–Kier alpha value is -4.92. The number of piperazine rings is 1. The first-order valence-electron chi connectivity index (χ1n) is 22.6. The largest absolute Gasteiger partial charge is 0.371 e. The van der Waals surface area contributed by atoms with Crippen molar-refractivity contribution in [3.63, 3.8) is 0 Å². The van der Waals surface area contributed by atoms with Crippen molar-refractivity contribution in [3.05, 3.63) is 82.2 Å². The van der Waals surface area contributed by atoms with E-state index in [9.17, 15) is 28.4 Å². The molecule has 0 radical (unpaired) electrons. The number of rotatable bonds is 15. The average Bonchev–Trinajstić information content (AvgIpc) is 3.79. The minimum absolute atomic E-state index is 0.0652. The van der Waals surface area contributed by atoms with Gasteiger partial charge in [0.15, 0.2) is 0 Å². The SMILES string of the molecule is C/C=C(/F)C(CN1CC(Cc2ccc(N3CCN(CCCCNC(=O)C4CCN(c5cccc6c5C(=O)N(C5CCC(=O)NC5=O)C6=O)CC4)CC3)cc2)C(N(C)C)C1)=C(C)C. The molecule has 0 bridgehead atoms. The van der Waals surface area contributed by atoms with Crippen molar-refractivity contribution in [2.75, 3.05) is 95.9 Å². The molecule has 3 unspecified atom stereocenters. The van der Waals surface area contributed by atoms with Gasteiger partial charge in [-0.25, -0.2) is 4.39 Å². The molecule has 334 valence electrons. The van der Waals surface area contributed by atoms with Gasteiger partial charge in [0, 0.05) is 95.1 Å². The van der Waals surface area contributed by atoms with Gasteiger partial charge >= 0.3 is 0 Å². The molecule has 5 heterocycles. The van der Waals surface area contributed by atoms with Crippen LogP contribution < -0.4 is 20.4 Å². The van der Waals surface area contributed by atoms with E-state index in [2.05, 4.69) is 73.5 Å². The predicted molar refractivity (Wildman–Crippen MR) is 240 cm³/mol. The molecule has 5 aliphatic heterocycles. The molecule has 2 N–H and O–H groups in total. The summed E-state index contributed by atoms with van der Waals surface area (Å²) >= 11 is 0. The Labute approximate surface area is 366 Å². The first-order chi connectivity index (χ1) is 29.8. The smallest absolute Gasteiger partial charge is 0.264 e. The van der Waals surface area contributed by atoms with Crippen LogP contribution in [0.25, 0.3) is 0 Å². The number of amides is 5. The molecule has 2 aromatic carbocycles. The number of carbonyl (C=O) groups excluding carboxylic acids is 5. The summed E-state index contributed by atoms with van der Waals surface area (Å²) in [5.74, 6) is -1.75. The fraction of sp³-hybridized carbons (Fsp3) is 0.562. The second kappa shape index (κ2) is 20.1. The van der Waals surface area contributed by atoms with Crippen LogP contribution >= 0.6 is 0 Å². The van der Waals surface area contributed by atoms with Crippen molar-refractivity contribution in [1.82, 2.24) is 30.2 Å². The summed E-state index contributed by atoms with van der Waals surface area (Å²) in [6.45, 7) is 15.1. The van der Waals surface area contributed by atoms with Crippen LogP contribution in [0.3, 0.4) is 0 Å². The summed E-state index contributed by atoms with van der Waals surface area (Å²) < 4.78 is 14.6. The number of carbonyl (C=O) groups is 5. The number of nitrogens with one attached hydrogen (secondary N) is 2. The van der Waals surface area contributed by atoms with E-state index in [-0.39, 0.29) is 41.6 Å². The second-order valence-corrected chi connectivity index (χ2v) is 18.2. The molecule has 4 fully saturated rings. The highest BCUT2D eigenvalue weighted by Crippen LogP contribution is 2.36. The number of fused-ring (bicyclic) bond motifs is 1. The van der Waals surface area contributed by atoms with Crippen LogP contribution in [0.4, 0.5) is 15.8 Å². The maximum Gasteiger partial charge on any atom is 0.264 e. The monoisotopic (exact) mass is 853 g/mol. The number of imide groups is 2. The number of piperidine rings is 2. The van der Waals surface area contributed by atoms with Crippen LogP contribution in [0.15, 0.2) is 65.5 Å². The fourth-order valence-electron chi connectivity index (χ4n) is 10.1. The van der Waals surface area contributed by atoms with Gasteiger partial charge in [-0.05, 0) is 116 Å². The van der Waals surface area contributed by atoms with Crippen molar-refractivity contribution in [1.29, 1.82) is 0 Å². The van der Waals surface area contributed by atoms with E-state index in [1.54, 1.807) is 25.1 Å². The van der Waals surface area contributed by atoms with Crippen LogP contribution in [0, 0.1) is 11.8 Å². The molecule has 0 spiro atoms. The third-order valence-electron chi connectivity index (χ3n) is 13.7. The molecular formula is C48H65FN8O5. The molecule has 0 saturated carbocycles. The Morgan fingerprint density at radius 1 is 0.871 bits per heavy atom. The van der Waals surface area contributed by atoms with E-state index in [4.69, 9.17) is 0 Å². The van der Waals surface area contributed by atoms with Gasteiger partial charge in [0.2, 0.25) is 17.7 Å². The minimum atomic E-state index is -1.01. The third kappa shape index (κ3) is 10.1. The normalized spacial score (nSPS) is 23.0. The van der Waals surface area contributed by atoms with Gasteiger partial charge in [-0.15, -0.1) is 0 Å². The quantitative estimate of drug-likeness (QED) is 0.149. The third-order valence-corrected chi connectivity index (χ3v) is 13.7. The molecule has 5 amide bonds. The maximum absolute atomic E-state index is 14.6. The molecule has 62 heavy (non-hydrogen) atoms. The van der Waals surface area contributed by atoms with Crippen molar-refractivity contribution >= 4 is 40.9 Å². The zero-order valence-corrected chi connectivity index (χ0v) is 37.3. The van der Waals surface area contributed by atoms with Gasteiger partial charge in [0.25, 0.3) is 11.8 Å². The lowest BCUT2D eigenvalue weighted by Gasteiger charge is -2.36. The molecule has 2 aromatic rings. The molecule has 5 aliphatic rings. The molecule has 0 aromatic heterocycles. The Morgan fingerprint density at radius 2 is 1.60 bits per heavy atom. The van der Waals surface area contributed by atoms with Crippen LogP contribution in [0.2, 0.25) is 0 Å². The zero-order valence-electron chi connectivity index (χ0n) is 37.3. The van der Waals surface area contributed by atoms with Crippen LogP contribution in [0.5, 0.6) is 0 Å². The zero-order chi connectivity index (χ0) is 44.1. The molecule has 14 heteroatoms. The Morgan fingerprint density at radius 3 is 2.26 bits per heavy atom. The van der Waals surface area contributed by atoms with E-state index < -0.39 is 29.7 Å². The highest BCUT2D eigenvalue weighted by Gasteiger charge is 2.46. The Bertz CT molecular complexity index is 2050. The van der Waals surface area contributed by atoms with E-state index in [0.717, 1.165) is 81.1 Å². The second-order valence-electron chi connectivity index (χ2n) is 18.2. The summed E-state index contributed by atoms with van der Waals surface area (Å²) in [6.07, 6.45) is 5.96. The van der Waals surface area contributed by atoms with E-state index >= 15 is 0 Å². The number of hydrogen-bond acceptors (Lipinski definition) is 10. The van der Waals surface area contributed by atoms with Gasteiger partial charge in [-0.3, -0.25) is 44.0 Å². The summed E-state index contributed by atoms with van der Waals surface area (Å²) in [5.41, 5.74) is 5.66. The fourth-order valence-corrected chi connectivity index (χ4v) is 10.1. The molecule has 3 atom stereocenters. The number of likely N-dealkylation sites (N-methyl/N-ethyl adjacent to an activating group) is 1. The molecular weight excluding hydrogens is 788 g/mol. The summed E-state index contributed by atoms with van der Waals surface area (Å²) in [7, 11) is 4.31. The Kier molecular flexibility index (Phi) is 14.6.